The van der Waals surface area contributed by atoms with Crippen molar-refractivity contribution in [1.29, 1.82) is 0 Å². The summed E-state index contributed by atoms with van der Waals surface area (Å²) in [5.74, 6) is -1.31. The molecule has 392 valence electrons. The summed E-state index contributed by atoms with van der Waals surface area (Å²) in [6, 6.07) is 32.3. The van der Waals surface area contributed by atoms with Crippen LogP contribution in [-0.4, -0.2) is 65.9 Å². The molecule has 5 aromatic rings. The fraction of sp³-hybridized carbons (Fsp3) is 0.508. The van der Waals surface area contributed by atoms with Gasteiger partial charge in [0.1, 0.15) is 16.9 Å². The Balaban J connectivity index is 1.10. The zero-order valence-corrected chi connectivity index (χ0v) is 43.5. The molecule has 0 unspecified atom stereocenters. The number of carbonyl (C=O) groups excluding carboxylic acids is 2. The van der Waals surface area contributed by atoms with Crippen LogP contribution in [0.2, 0.25) is 0 Å². The smallest absolute Gasteiger partial charge is 0.340 e. The summed E-state index contributed by atoms with van der Waals surface area (Å²) in [7, 11) is 1.51. The Kier molecular flexibility index (Phi) is 15.6. The third-order valence-corrected chi connectivity index (χ3v) is 18.2. The van der Waals surface area contributed by atoms with Crippen LogP contribution in [0.3, 0.4) is 0 Å². The predicted octanol–water partition coefficient (Wildman–Crippen LogP) is 11.5. The van der Waals surface area contributed by atoms with E-state index >= 15 is 4.79 Å². The molecule has 4 aromatic carbocycles. The average Bonchev–Trinajstić information content (AvgIpc) is 3.94. The number of carbonyl (C=O) groups is 2. The van der Waals surface area contributed by atoms with Gasteiger partial charge in [-0.3, -0.25) is 4.79 Å². The van der Waals surface area contributed by atoms with E-state index in [4.69, 9.17) is 23.4 Å². The van der Waals surface area contributed by atoms with E-state index in [2.05, 4.69) is 78.9 Å². The molecule has 11 rings (SSSR count). The van der Waals surface area contributed by atoms with Crippen molar-refractivity contribution in [3.8, 4) is 5.75 Å². The van der Waals surface area contributed by atoms with Crippen LogP contribution in [0.1, 0.15) is 179 Å². The third kappa shape index (κ3) is 9.90. The molecule has 7 atom stereocenters. The topological polar surface area (TPSA) is 162 Å². The standard InChI is InChI=1S/C63H74O11/c1-39(36-65)49-25-21-40-19-22-41(23-20-40)50-26-24-43(42-13-12-18-48(34-42)63(30-10-11-31-63)47-16-8-5-9-17-47)33-45(50)35-54(67)71-58-56-53(74-62(2,59(58)73-60(49)68)46-14-6-4-7-15-46)28-27-51-52(37-66)55(61(69)72-57(51)56)44(29-32-64)38-70-3/h5,8-9,12-13,16-20,22-23,27-28,34,43-46,50,58-59,64-66H,4,6-7,10-11,14-15,21,24-26,29-33,35-38H2,1-3H3/b49-39-/t43-,44+,45-,50-,58+,59-,62-/m0/s1. The van der Waals surface area contributed by atoms with E-state index in [1.54, 1.807) is 19.1 Å². The van der Waals surface area contributed by atoms with Crippen LogP contribution in [0, 0.1) is 11.8 Å². The van der Waals surface area contributed by atoms with Gasteiger partial charge in [0.15, 0.2) is 12.2 Å². The van der Waals surface area contributed by atoms with Crippen LogP contribution >= 0.6 is 0 Å². The number of benzene rings is 4. The summed E-state index contributed by atoms with van der Waals surface area (Å²) in [6.07, 6.45) is 10.3. The number of fused-ring (bicyclic) bond motifs is 11. The maximum absolute atomic E-state index is 15.4. The molecule has 2 bridgehead atoms. The minimum absolute atomic E-state index is 0.0324. The first-order valence-electron chi connectivity index (χ1n) is 27.5. The molecule has 1 aromatic heterocycles. The number of rotatable bonds is 11. The van der Waals surface area contributed by atoms with E-state index in [0.717, 1.165) is 75.3 Å². The molecular formula is C63H74O11. The van der Waals surface area contributed by atoms with Gasteiger partial charge in [0.2, 0.25) is 0 Å². The molecule has 11 nitrogen and oxygen atoms in total. The van der Waals surface area contributed by atoms with Gasteiger partial charge < -0.3 is 38.7 Å². The molecule has 0 radical (unpaired) electrons. The number of aryl methyl sites for hydroxylation is 1. The van der Waals surface area contributed by atoms with Crippen LogP contribution < -0.4 is 10.4 Å². The Morgan fingerprint density at radius 3 is 2.27 bits per heavy atom. The maximum atomic E-state index is 15.4. The zero-order valence-electron chi connectivity index (χ0n) is 43.5. The van der Waals surface area contributed by atoms with Crippen molar-refractivity contribution in [1.82, 2.24) is 0 Å². The first kappa shape index (κ1) is 51.9. The van der Waals surface area contributed by atoms with Gasteiger partial charge in [-0.05, 0) is 147 Å². The lowest BCUT2D eigenvalue weighted by molar-refractivity contribution is -0.201. The summed E-state index contributed by atoms with van der Waals surface area (Å²) in [6.45, 7) is 2.68. The molecule has 3 aliphatic heterocycles. The van der Waals surface area contributed by atoms with Crippen LogP contribution in [0.15, 0.2) is 111 Å². The Hall–Kier alpha value is -5.59. The molecule has 3 aliphatic carbocycles. The average molecular weight is 1010 g/mol. The number of esters is 2. The monoisotopic (exact) mass is 1010 g/mol. The minimum Gasteiger partial charge on any atom is -0.483 e. The molecule has 3 N–H and O–H groups in total. The van der Waals surface area contributed by atoms with Crippen LogP contribution in [0.25, 0.3) is 11.0 Å². The van der Waals surface area contributed by atoms with E-state index in [0.29, 0.717) is 40.7 Å². The Morgan fingerprint density at radius 1 is 0.797 bits per heavy atom. The first-order valence-corrected chi connectivity index (χ1v) is 27.5. The van der Waals surface area contributed by atoms with Gasteiger partial charge >= 0.3 is 17.6 Å². The minimum atomic E-state index is -1.30. The molecule has 0 spiro atoms. The molecule has 3 fully saturated rings. The Morgan fingerprint density at radius 2 is 1.55 bits per heavy atom. The van der Waals surface area contributed by atoms with Crippen molar-refractivity contribution >= 4 is 22.9 Å². The van der Waals surface area contributed by atoms with Crippen LogP contribution in [0.4, 0.5) is 0 Å². The van der Waals surface area contributed by atoms with Gasteiger partial charge in [-0.1, -0.05) is 111 Å². The lowest BCUT2D eigenvalue weighted by atomic mass is 9.67. The van der Waals surface area contributed by atoms with E-state index in [9.17, 15) is 24.9 Å². The normalized spacial score (nSPS) is 26.5. The van der Waals surface area contributed by atoms with Crippen molar-refractivity contribution in [3.63, 3.8) is 0 Å². The van der Waals surface area contributed by atoms with Gasteiger partial charge in [-0.25, -0.2) is 9.59 Å². The first-order chi connectivity index (χ1) is 36.0. The summed E-state index contributed by atoms with van der Waals surface area (Å²) < 4.78 is 32.7. The van der Waals surface area contributed by atoms with Crippen molar-refractivity contribution < 1.29 is 48.3 Å². The summed E-state index contributed by atoms with van der Waals surface area (Å²) in [4.78, 5) is 44.8. The van der Waals surface area contributed by atoms with Crippen molar-refractivity contribution in [2.45, 2.75) is 164 Å². The van der Waals surface area contributed by atoms with E-state index < -0.39 is 47.9 Å². The van der Waals surface area contributed by atoms with Crippen molar-refractivity contribution in [3.05, 3.63) is 157 Å². The Labute approximate surface area is 435 Å². The second-order valence-corrected chi connectivity index (χ2v) is 22.3. The highest BCUT2D eigenvalue weighted by atomic mass is 16.6. The summed E-state index contributed by atoms with van der Waals surface area (Å²) >= 11 is 0. The van der Waals surface area contributed by atoms with E-state index in [1.807, 2.05) is 6.92 Å². The fourth-order valence-corrected chi connectivity index (χ4v) is 14.2. The lowest BCUT2D eigenvalue weighted by Gasteiger charge is -2.50. The molecule has 0 saturated heterocycles. The van der Waals surface area contributed by atoms with Crippen molar-refractivity contribution in [2.75, 3.05) is 26.9 Å². The van der Waals surface area contributed by atoms with Gasteiger partial charge in [0.25, 0.3) is 0 Å². The SMILES string of the molecule is COC[C@@H](CCO)c1c(CO)c2ccc3c(c2oc1=O)[C@H]1OC(=O)C[C@@H]2C[C@@H](c4cccc(C5(c6ccccc6)CCCC5)c4)CC[C@H]2c2ccc(cc2)CC/C(=C(\C)CO)C(=O)O[C@@H]1[C@](C)(C1CCCCC1)O3. The molecule has 0 amide bonds. The molecule has 3 saturated carbocycles. The second kappa shape index (κ2) is 22.3. The highest BCUT2D eigenvalue weighted by Crippen LogP contribution is 2.54. The number of methoxy groups -OCH3 is 1. The molecule has 6 aliphatic rings. The molecule has 4 heterocycles. The highest BCUT2D eigenvalue weighted by Gasteiger charge is 2.57. The fourth-order valence-electron chi connectivity index (χ4n) is 14.2. The van der Waals surface area contributed by atoms with Gasteiger partial charge in [-0.2, -0.15) is 0 Å². The highest BCUT2D eigenvalue weighted by molar-refractivity contribution is 5.90. The number of hydrogen-bond acceptors (Lipinski definition) is 11. The van der Waals surface area contributed by atoms with Crippen molar-refractivity contribution in [2.24, 2.45) is 11.8 Å². The quantitative estimate of drug-likeness (QED) is 0.0656. The molecule has 74 heavy (non-hydrogen) atoms. The third-order valence-electron chi connectivity index (χ3n) is 18.2. The van der Waals surface area contributed by atoms with E-state index in [1.165, 1.54) is 36.6 Å². The number of ether oxygens (including phenoxy) is 4. The second-order valence-electron chi connectivity index (χ2n) is 22.3. The summed E-state index contributed by atoms with van der Waals surface area (Å²) in [5.41, 5.74) is 5.89. The van der Waals surface area contributed by atoms with Gasteiger partial charge in [-0.15, -0.1) is 0 Å². The lowest BCUT2D eigenvalue weighted by Crippen LogP contribution is -2.58. The van der Waals surface area contributed by atoms with Gasteiger partial charge in [0, 0.05) is 53.9 Å². The number of hydrogen-bond donors (Lipinski definition) is 3. The Bertz CT molecular complexity index is 2880. The predicted molar refractivity (Wildman–Crippen MR) is 283 cm³/mol. The maximum Gasteiger partial charge on any atom is 0.340 e. The van der Waals surface area contributed by atoms with Crippen LogP contribution in [0.5, 0.6) is 5.75 Å². The summed E-state index contributed by atoms with van der Waals surface area (Å²) in [5, 5.41) is 32.1. The number of aliphatic hydroxyl groups excluding tert-OH is 3. The number of aliphatic hydroxyl groups is 3. The molecular weight excluding hydrogens is 933 g/mol. The van der Waals surface area contributed by atoms with E-state index in [-0.39, 0.29) is 78.5 Å². The van der Waals surface area contributed by atoms with Gasteiger partial charge in [0.05, 0.1) is 25.4 Å². The zero-order chi connectivity index (χ0) is 51.6. The molecule has 11 heteroatoms. The van der Waals surface area contributed by atoms with Crippen LogP contribution in [-0.2, 0) is 42.2 Å². The largest absolute Gasteiger partial charge is 0.483 e.